The van der Waals surface area contributed by atoms with E-state index in [0.29, 0.717) is 6.04 Å². The van der Waals surface area contributed by atoms with Crippen LogP contribution in [-0.2, 0) is 13.0 Å². The second-order valence-electron chi connectivity index (χ2n) is 5.92. The van der Waals surface area contributed by atoms with Gasteiger partial charge in [0.25, 0.3) is 0 Å². The van der Waals surface area contributed by atoms with Crippen LogP contribution in [0.1, 0.15) is 17.5 Å². The summed E-state index contributed by atoms with van der Waals surface area (Å²) in [7, 11) is 2.26. The molecule has 1 aromatic carbocycles. The maximum Gasteiger partial charge on any atom is 0.0236 e. The van der Waals surface area contributed by atoms with Crippen LogP contribution in [0.25, 0.3) is 0 Å². The molecule has 0 spiro atoms. The molecule has 1 N–H and O–H groups in total. The zero-order chi connectivity index (χ0) is 13.1. The molecule has 0 aliphatic carbocycles. The Bertz CT molecular complexity index is 418. The largest absolute Gasteiger partial charge is 0.314 e. The van der Waals surface area contributed by atoms with Gasteiger partial charge in [-0.05, 0) is 31.0 Å². The highest BCUT2D eigenvalue weighted by Gasteiger charge is 2.21. The van der Waals surface area contributed by atoms with Crippen molar-refractivity contribution in [1.82, 2.24) is 15.1 Å². The molecule has 0 saturated carbocycles. The van der Waals surface area contributed by atoms with Crippen molar-refractivity contribution in [3.63, 3.8) is 0 Å². The number of piperazine rings is 1. The number of fused-ring (bicyclic) bond motifs is 1. The first kappa shape index (κ1) is 13.1. The Morgan fingerprint density at radius 3 is 2.89 bits per heavy atom. The van der Waals surface area contributed by atoms with E-state index in [1.165, 1.54) is 38.0 Å². The first-order chi connectivity index (χ1) is 9.33. The van der Waals surface area contributed by atoms with E-state index in [1.807, 2.05) is 0 Å². The van der Waals surface area contributed by atoms with Crippen molar-refractivity contribution in [2.75, 3.05) is 39.8 Å². The first-order valence-electron chi connectivity index (χ1n) is 7.53. The standard InChI is InChI=1S/C16H25N3/c1-18-11-8-17-12-16(18)7-10-19-9-6-14-4-2-3-5-15(14)13-19/h2-5,16-17H,6-13H2,1H3. The van der Waals surface area contributed by atoms with Crippen LogP contribution in [0.5, 0.6) is 0 Å². The summed E-state index contributed by atoms with van der Waals surface area (Å²) < 4.78 is 0. The Morgan fingerprint density at radius 1 is 1.21 bits per heavy atom. The minimum Gasteiger partial charge on any atom is -0.314 e. The van der Waals surface area contributed by atoms with Gasteiger partial charge in [-0.15, -0.1) is 0 Å². The van der Waals surface area contributed by atoms with Gasteiger partial charge in [-0.1, -0.05) is 24.3 Å². The molecule has 0 amide bonds. The molecule has 1 saturated heterocycles. The van der Waals surface area contributed by atoms with E-state index in [1.54, 1.807) is 5.56 Å². The van der Waals surface area contributed by atoms with E-state index in [9.17, 15) is 0 Å². The number of nitrogens with one attached hydrogen (secondary N) is 1. The molecule has 0 radical (unpaired) electrons. The Hall–Kier alpha value is -0.900. The maximum atomic E-state index is 3.51. The number of nitrogens with zero attached hydrogens (tertiary/aromatic N) is 2. The smallest absolute Gasteiger partial charge is 0.0236 e. The summed E-state index contributed by atoms with van der Waals surface area (Å²) in [5.41, 5.74) is 3.08. The van der Waals surface area contributed by atoms with Gasteiger partial charge < -0.3 is 10.2 Å². The minimum absolute atomic E-state index is 0.714. The van der Waals surface area contributed by atoms with Crippen molar-refractivity contribution >= 4 is 0 Å². The molecule has 1 unspecified atom stereocenters. The van der Waals surface area contributed by atoms with Gasteiger partial charge in [0.15, 0.2) is 0 Å². The van der Waals surface area contributed by atoms with E-state index in [2.05, 4.69) is 46.4 Å². The second kappa shape index (κ2) is 6.04. The number of benzene rings is 1. The number of rotatable bonds is 3. The summed E-state index contributed by atoms with van der Waals surface area (Å²) in [4.78, 5) is 5.12. The van der Waals surface area contributed by atoms with E-state index < -0.39 is 0 Å². The molecular weight excluding hydrogens is 234 g/mol. The van der Waals surface area contributed by atoms with Crippen LogP contribution >= 0.6 is 0 Å². The van der Waals surface area contributed by atoms with Crippen LogP contribution in [0.2, 0.25) is 0 Å². The second-order valence-corrected chi connectivity index (χ2v) is 5.92. The summed E-state index contributed by atoms with van der Waals surface area (Å²) in [5.74, 6) is 0. The minimum atomic E-state index is 0.714. The molecule has 104 valence electrons. The number of likely N-dealkylation sites (N-methyl/N-ethyl adjacent to an activating group) is 1. The molecule has 2 heterocycles. The first-order valence-corrected chi connectivity index (χ1v) is 7.53. The van der Waals surface area contributed by atoms with E-state index >= 15 is 0 Å². The predicted molar refractivity (Wildman–Crippen MR) is 79.3 cm³/mol. The molecule has 3 rings (SSSR count). The summed E-state index contributed by atoms with van der Waals surface area (Å²) >= 11 is 0. The fourth-order valence-electron chi connectivity index (χ4n) is 3.26. The van der Waals surface area contributed by atoms with Gasteiger partial charge in [-0.3, -0.25) is 4.90 Å². The van der Waals surface area contributed by atoms with Crippen LogP contribution in [0.3, 0.4) is 0 Å². The average molecular weight is 259 g/mol. The van der Waals surface area contributed by atoms with Crippen molar-refractivity contribution in [2.24, 2.45) is 0 Å². The van der Waals surface area contributed by atoms with E-state index in [-0.39, 0.29) is 0 Å². The molecule has 3 heteroatoms. The Kier molecular flexibility index (Phi) is 4.16. The molecule has 0 bridgehead atoms. The number of hydrogen-bond acceptors (Lipinski definition) is 3. The molecule has 19 heavy (non-hydrogen) atoms. The molecule has 2 aliphatic rings. The molecule has 1 atom stereocenters. The van der Waals surface area contributed by atoms with Crippen LogP contribution in [0.4, 0.5) is 0 Å². The van der Waals surface area contributed by atoms with Crippen molar-refractivity contribution < 1.29 is 0 Å². The van der Waals surface area contributed by atoms with Crippen molar-refractivity contribution in [3.8, 4) is 0 Å². The van der Waals surface area contributed by atoms with Gasteiger partial charge >= 0.3 is 0 Å². The lowest BCUT2D eigenvalue weighted by atomic mass is 9.99. The molecule has 1 fully saturated rings. The predicted octanol–water partition coefficient (Wildman–Crippen LogP) is 1.34. The van der Waals surface area contributed by atoms with Crippen LogP contribution in [0, 0.1) is 0 Å². The van der Waals surface area contributed by atoms with Crippen molar-refractivity contribution in [1.29, 1.82) is 0 Å². The Balaban J connectivity index is 1.52. The third-order valence-corrected chi connectivity index (χ3v) is 4.63. The Morgan fingerprint density at radius 2 is 2.05 bits per heavy atom. The van der Waals surface area contributed by atoms with Crippen LogP contribution in [-0.4, -0.2) is 55.6 Å². The molecule has 2 aliphatic heterocycles. The Labute approximate surface area is 116 Å². The third kappa shape index (κ3) is 3.16. The van der Waals surface area contributed by atoms with Crippen LogP contribution < -0.4 is 5.32 Å². The van der Waals surface area contributed by atoms with Crippen molar-refractivity contribution in [2.45, 2.75) is 25.4 Å². The topological polar surface area (TPSA) is 18.5 Å². The normalized spacial score (nSPS) is 25.2. The summed E-state index contributed by atoms with van der Waals surface area (Å²) in [6, 6.07) is 9.62. The fourth-order valence-corrected chi connectivity index (χ4v) is 3.26. The monoisotopic (exact) mass is 259 g/mol. The van der Waals surface area contributed by atoms with E-state index in [0.717, 1.165) is 19.6 Å². The molecule has 0 aromatic heterocycles. The number of hydrogen-bond donors (Lipinski definition) is 1. The van der Waals surface area contributed by atoms with E-state index in [4.69, 9.17) is 0 Å². The fraction of sp³-hybridized carbons (Fsp3) is 0.625. The quantitative estimate of drug-likeness (QED) is 0.884. The third-order valence-electron chi connectivity index (χ3n) is 4.63. The lowest BCUT2D eigenvalue weighted by molar-refractivity contribution is 0.160. The zero-order valence-corrected chi connectivity index (χ0v) is 11.9. The summed E-state index contributed by atoms with van der Waals surface area (Å²) in [6.45, 7) is 7.07. The lowest BCUT2D eigenvalue weighted by Crippen LogP contribution is -2.50. The SMILES string of the molecule is CN1CCNCC1CCN1CCc2ccccc2C1. The van der Waals surface area contributed by atoms with Gasteiger partial charge in [0.1, 0.15) is 0 Å². The van der Waals surface area contributed by atoms with Gasteiger partial charge in [-0.2, -0.15) is 0 Å². The summed E-state index contributed by atoms with van der Waals surface area (Å²) in [5, 5.41) is 3.51. The van der Waals surface area contributed by atoms with Gasteiger partial charge in [0.05, 0.1) is 0 Å². The van der Waals surface area contributed by atoms with Crippen molar-refractivity contribution in [3.05, 3.63) is 35.4 Å². The highest BCUT2D eigenvalue weighted by molar-refractivity contribution is 5.28. The molecule has 3 nitrogen and oxygen atoms in total. The zero-order valence-electron chi connectivity index (χ0n) is 11.9. The lowest BCUT2D eigenvalue weighted by Gasteiger charge is -2.35. The maximum absolute atomic E-state index is 3.51. The van der Waals surface area contributed by atoms with Gasteiger partial charge in [-0.25, -0.2) is 0 Å². The average Bonchev–Trinajstić information content (AvgIpc) is 2.46. The molecule has 1 aromatic rings. The highest BCUT2D eigenvalue weighted by atomic mass is 15.2. The van der Waals surface area contributed by atoms with Gasteiger partial charge in [0.2, 0.25) is 0 Å². The highest BCUT2D eigenvalue weighted by Crippen LogP contribution is 2.19. The van der Waals surface area contributed by atoms with Crippen LogP contribution in [0.15, 0.2) is 24.3 Å². The molecular formula is C16H25N3. The summed E-state index contributed by atoms with van der Waals surface area (Å²) in [6.07, 6.45) is 2.50. The van der Waals surface area contributed by atoms with Gasteiger partial charge in [0, 0.05) is 45.3 Å².